The summed E-state index contributed by atoms with van der Waals surface area (Å²) >= 11 is 0.647. The number of alkyl halides is 3. The van der Waals surface area contributed by atoms with Crippen LogP contribution in [0, 0.1) is 24.5 Å². The molecule has 2 aromatic rings. The van der Waals surface area contributed by atoms with Crippen molar-refractivity contribution in [3.8, 4) is 0 Å². The van der Waals surface area contributed by atoms with Gasteiger partial charge in [0.25, 0.3) is 5.91 Å². The van der Waals surface area contributed by atoms with E-state index in [0.29, 0.717) is 11.3 Å². The predicted molar refractivity (Wildman–Crippen MR) is 105 cm³/mol. The van der Waals surface area contributed by atoms with Crippen molar-refractivity contribution in [2.45, 2.75) is 50.7 Å². The van der Waals surface area contributed by atoms with E-state index in [1.165, 1.54) is 26.0 Å². The molecule has 0 radical (unpaired) electrons. The average Bonchev–Trinajstić information content (AvgIpc) is 3.16. The number of aryl methyl sites for hydroxylation is 1. The number of ether oxygens (including phenoxy) is 1. The van der Waals surface area contributed by atoms with Gasteiger partial charge in [-0.2, -0.15) is 13.2 Å². The molecule has 32 heavy (non-hydrogen) atoms. The lowest BCUT2D eigenvalue weighted by molar-refractivity contribution is -0.272. The number of aliphatic hydroxyl groups is 2. The third-order valence-electron chi connectivity index (χ3n) is 5.78. The van der Waals surface area contributed by atoms with Gasteiger partial charge in [-0.3, -0.25) is 9.78 Å². The van der Waals surface area contributed by atoms with Gasteiger partial charge < -0.3 is 20.3 Å². The van der Waals surface area contributed by atoms with E-state index in [4.69, 9.17) is 9.84 Å². The summed E-state index contributed by atoms with van der Waals surface area (Å²) in [4.78, 5) is 16.4. The topological polar surface area (TPSA) is 91.7 Å². The minimum atomic E-state index is -4.87. The largest absolute Gasteiger partial charge is 0.417 e. The quantitative estimate of drug-likeness (QED) is 0.566. The molecule has 1 amide bonds. The first-order chi connectivity index (χ1) is 14.8. The van der Waals surface area contributed by atoms with Gasteiger partial charge in [-0.05, 0) is 26.0 Å². The van der Waals surface area contributed by atoms with Gasteiger partial charge in [0.15, 0.2) is 17.2 Å². The zero-order chi connectivity index (χ0) is 24.0. The Morgan fingerprint density at radius 1 is 1.34 bits per heavy atom. The summed E-state index contributed by atoms with van der Waals surface area (Å²) in [6.45, 7) is 2.68. The van der Waals surface area contributed by atoms with Gasteiger partial charge in [-0.15, -0.1) is 11.3 Å². The number of thiophene rings is 1. The van der Waals surface area contributed by atoms with Crippen LogP contribution in [0.5, 0.6) is 0 Å². The van der Waals surface area contributed by atoms with Gasteiger partial charge in [-0.25, -0.2) is 8.78 Å². The first kappa shape index (κ1) is 24.5. The fourth-order valence-corrected chi connectivity index (χ4v) is 4.82. The molecule has 1 saturated heterocycles. The van der Waals surface area contributed by atoms with E-state index in [1.54, 1.807) is 0 Å². The van der Waals surface area contributed by atoms with Crippen molar-refractivity contribution in [1.82, 2.24) is 4.98 Å². The van der Waals surface area contributed by atoms with E-state index >= 15 is 0 Å². The highest BCUT2D eigenvalue weighted by Crippen LogP contribution is 2.55. The van der Waals surface area contributed by atoms with Crippen LogP contribution in [0.3, 0.4) is 0 Å². The molecule has 3 N–H and O–H groups in total. The standard InChI is InChI=1S/C20H21F5N2O4S/c1-8-13(17-15(22)14(21)9(2)32-17)16(31-19(8,3)20(23,24)25)18(30)27-10-4-5-11(26-6-10)12(29)7-28/h4-6,8,12-13,16,28-29H,7H2,1-3H3,(H,27,30)/t8-,12-,13-,16+,19+/m0/s1. The first-order valence-electron chi connectivity index (χ1n) is 9.56. The second-order valence-electron chi connectivity index (χ2n) is 7.77. The van der Waals surface area contributed by atoms with E-state index < -0.39 is 60.0 Å². The summed E-state index contributed by atoms with van der Waals surface area (Å²) in [7, 11) is 0. The number of amides is 1. The molecule has 176 valence electrons. The number of aliphatic hydroxyl groups excluding tert-OH is 2. The smallest absolute Gasteiger partial charge is 0.393 e. The van der Waals surface area contributed by atoms with Crippen molar-refractivity contribution >= 4 is 22.9 Å². The molecule has 0 bridgehead atoms. The molecule has 2 aromatic heterocycles. The van der Waals surface area contributed by atoms with Crippen molar-refractivity contribution in [3.05, 3.63) is 45.4 Å². The first-order valence-corrected chi connectivity index (χ1v) is 10.4. The van der Waals surface area contributed by atoms with Crippen molar-refractivity contribution in [1.29, 1.82) is 0 Å². The number of pyridine rings is 1. The van der Waals surface area contributed by atoms with Crippen LogP contribution in [0.15, 0.2) is 18.3 Å². The molecular weight excluding hydrogens is 459 g/mol. The summed E-state index contributed by atoms with van der Waals surface area (Å²) < 4.78 is 75.1. The monoisotopic (exact) mass is 480 g/mol. The van der Waals surface area contributed by atoms with Crippen molar-refractivity contribution < 1.29 is 41.7 Å². The SMILES string of the molecule is Cc1sc([C@@H]2[C@H](C(=O)Nc3ccc([C@@H](O)CO)nc3)O[C@@](C)(C(F)(F)F)[C@H]2C)c(F)c1F. The lowest BCUT2D eigenvalue weighted by Gasteiger charge is -2.31. The van der Waals surface area contributed by atoms with Crippen LogP contribution in [0.25, 0.3) is 0 Å². The second kappa shape index (κ2) is 8.65. The molecule has 3 rings (SSSR count). The maximum atomic E-state index is 14.5. The highest BCUT2D eigenvalue weighted by molar-refractivity contribution is 7.12. The Kier molecular flexibility index (Phi) is 6.62. The van der Waals surface area contributed by atoms with Gasteiger partial charge in [0.2, 0.25) is 0 Å². The van der Waals surface area contributed by atoms with Crippen LogP contribution in [0.1, 0.15) is 41.3 Å². The van der Waals surface area contributed by atoms with E-state index in [0.717, 1.165) is 13.1 Å². The van der Waals surface area contributed by atoms with E-state index in [-0.39, 0.29) is 21.1 Å². The molecule has 1 aliphatic rings. The maximum absolute atomic E-state index is 14.5. The van der Waals surface area contributed by atoms with Gasteiger partial charge in [0.1, 0.15) is 12.2 Å². The summed E-state index contributed by atoms with van der Waals surface area (Å²) in [5.74, 6) is -6.23. The predicted octanol–water partition coefficient (Wildman–Crippen LogP) is 3.83. The highest BCUT2D eigenvalue weighted by Gasteiger charge is 2.66. The van der Waals surface area contributed by atoms with E-state index in [9.17, 15) is 31.9 Å². The van der Waals surface area contributed by atoms with Crippen molar-refractivity contribution in [2.24, 2.45) is 5.92 Å². The molecule has 0 aromatic carbocycles. The Labute approximate surface area is 184 Å². The summed E-state index contributed by atoms with van der Waals surface area (Å²) in [5, 5.41) is 20.9. The van der Waals surface area contributed by atoms with Crippen LogP contribution in [0.2, 0.25) is 0 Å². The molecule has 12 heteroatoms. The molecule has 1 fully saturated rings. The Morgan fingerprint density at radius 3 is 2.47 bits per heavy atom. The van der Waals surface area contributed by atoms with Crippen molar-refractivity contribution in [2.75, 3.05) is 11.9 Å². The highest BCUT2D eigenvalue weighted by atomic mass is 32.1. The van der Waals surface area contributed by atoms with Crippen LogP contribution < -0.4 is 5.32 Å². The number of anilines is 1. The zero-order valence-corrected chi connectivity index (χ0v) is 18.0. The van der Waals surface area contributed by atoms with Crippen LogP contribution in [-0.4, -0.2) is 45.6 Å². The number of nitrogens with one attached hydrogen (secondary N) is 1. The Bertz CT molecular complexity index is 997. The average molecular weight is 480 g/mol. The van der Waals surface area contributed by atoms with E-state index in [2.05, 4.69) is 10.3 Å². The third kappa shape index (κ3) is 4.12. The Balaban J connectivity index is 1.95. The van der Waals surface area contributed by atoms with Gasteiger partial charge >= 0.3 is 6.18 Å². The van der Waals surface area contributed by atoms with Gasteiger partial charge in [0.05, 0.1) is 29.1 Å². The lowest BCUT2D eigenvalue weighted by atomic mass is 9.80. The molecule has 5 atom stereocenters. The maximum Gasteiger partial charge on any atom is 0.417 e. The van der Waals surface area contributed by atoms with Gasteiger partial charge in [0, 0.05) is 16.7 Å². The molecule has 1 aliphatic heterocycles. The molecule has 6 nitrogen and oxygen atoms in total. The summed E-state index contributed by atoms with van der Waals surface area (Å²) in [5.41, 5.74) is -2.58. The third-order valence-corrected chi connectivity index (χ3v) is 6.94. The fraction of sp³-hybridized carbons (Fsp3) is 0.500. The molecule has 3 heterocycles. The Hall–Kier alpha value is -2.15. The second-order valence-corrected chi connectivity index (χ2v) is 9.02. The lowest BCUT2D eigenvalue weighted by Crippen LogP contribution is -2.47. The molecule has 0 spiro atoms. The number of halogens is 5. The minimum Gasteiger partial charge on any atom is -0.393 e. The number of hydrogen-bond donors (Lipinski definition) is 3. The summed E-state index contributed by atoms with van der Waals surface area (Å²) in [6, 6.07) is 2.63. The Morgan fingerprint density at radius 2 is 2.00 bits per heavy atom. The molecule has 0 aliphatic carbocycles. The number of carbonyl (C=O) groups is 1. The molecule has 0 saturated carbocycles. The zero-order valence-electron chi connectivity index (χ0n) is 17.2. The number of hydrogen-bond acceptors (Lipinski definition) is 6. The normalized spacial score (nSPS) is 26.9. The number of carbonyl (C=O) groups excluding carboxylic acids is 1. The number of rotatable bonds is 5. The van der Waals surface area contributed by atoms with Crippen molar-refractivity contribution in [3.63, 3.8) is 0 Å². The van der Waals surface area contributed by atoms with Crippen LogP contribution in [0.4, 0.5) is 27.6 Å². The summed E-state index contributed by atoms with van der Waals surface area (Å²) in [6.07, 6.45) is -6.73. The fourth-order valence-electron chi connectivity index (χ4n) is 3.67. The van der Waals surface area contributed by atoms with E-state index in [1.807, 2.05) is 0 Å². The van der Waals surface area contributed by atoms with Crippen LogP contribution in [-0.2, 0) is 9.53 Å². The number of aromatic nitrogens is 1. The minimum absolute atomic E-state index is 0.0494. The molecular formula is C20H21F5N2O4S. The number of nitrogens with zero attached hydrogens (tertiary/aromatic N) is 1. The van der Waals surface area contributed by atoms with Crippen LogP contribution >= 0.6 is 11.3 Å². The molecule has 0 unspecified atom stereocenters. The van der Waals surface area contributed by atoms with Gasteiger partial charge in [-0.1, -0.05) is 6.92 Å².